The second-order valence-corrected chi connectivity index (χ2v) is 6.70. The van der Waals surface area contributed by atoms with E-state index < -0.39 is 0 Å². The molecule has 96 valence electrons. The van der Waals surface area contributed by atoms with E-state index in [1.54, 1.807) is 0 Å². The zero-order valence-corrected chi connectivity index (χ0v) is 11.2. The Hall–Kier alpha value is -1.11. The molecule has 0 aromatic carbocycles. The van der Waals surface area contributed by atoms with Crippen molar-refractivity contribution in [2.24, 2.45) is 22.7 Å². The van der Waals surface area contributed by atoms with Gasteiger partial charge in [-0.15, -0.1) is 6.58 Å². The van der Waals surface area contributed by atoms with Crippen LogP contribution in [-0.2, 0) is 4.79 Å². The fraction of sp³-hybridized carbons (Fsp3) is 0.588. The molecule has 0 N–H and O–H groups in total. The van der Waals surface area contributed by atoms with Gasteiger partial charge in [-0.2, -0.15) is 0 Å². The Balaban J connectivity index is 2.07. The molecular formula is C17H22O. The summed E-state index contributed by atoms with van der Waals surface area (Å²) in [7, 11) is 0. The summed E-state index contributed by atoms with van der Waals surface area (Å²) in [5.41, 5.74) is 1.41. The minimum atomic E-state index is -0.226. The van der Waals surface area contributed by atoms with Crippen LogP contribution in [0.5, 0.6) is 0 Å². The second-order valence-electron chi connectivity index (χ2n) is 6.70. The molecule has 0 radical (unpaired) electrons. The molecule has 0 aliphatic heterocycles. The lowest BCUT2D eigenvalue weighted by molar-refractivity contribution is -0.134. The summed E-state index contributed by atoms with van der Waals surface area (Å²) in [6.07, 6.45) is 11.5. The lowest BCUT2D eigenvalue weighted by atomic mass is 9.45. The number of hydrogen-bond acceptors (Lipinski definition) is 1. The summed E-state index contributed by atoms with van der Waals surface area (Å²) in [6.45, 7) is 10.3. The Morgan fingerprint density at radius 2 is 2.33 bits per heavy atom. The Morgan fingerprint density at radius 1 is 1.56 bits per heavy atom. The minimum Gasteiger partial charge on any atom is -0.294 e. The Kier molecular flexibility index (Phi) is 2.45. The van der Waals surface area contributed by atoms with E-state index in [9.17, 15) is 4.79 Å². The molecule has 0 amide bonds. The van der Waals surface area contributed by atoms with Crippen LogP contribution >= 0.6 is 0 Å². The molecule has 0 saturated heterocycles. The number of carbonyl (C=O) groups excluding carboxylic acids is 1. The predicted molar refractivity (Wildman–Crippen MR) is 74.1 cm³/mol. The van der Waals surface area contributed by atoms with E-state index in [-0.39, 0.29) is 10.8 Å². The minimum absolute atomic E-state index is 0.220. The van der Waals surface area contributed by atoms with Gasteiger partial charge in [0.05, 0.1) is 0 Å². The van der Waals surface area contributed by atoms with E-state index in [0.29, 0.717) is 17.6 Å². The summed E-state index contributed by atoms with van der Waals surface area (Å²) in [4.78, 5) is 12.4. The van der Waals surface area contributed by atoms with Crippen LogP contribution in [0.3, 0.4) is 0 Å². The number of hydrogen-bond donors (Lipinski definition) is 0. The molecule has 18 heavy (non-hydrogen) atoms. The molecule has 3 fully saturated rings. The maximum absolute atomic E-state index is 12.4. The fourth-order valence-electron chi connectivity index (χ4n) is 4.70. The zero-order chi connectivity index (χ0) is 13.0. The molecule has 3 saturated carbocycles. The Morgan fingerprint density at radius 3 is 3.00 bits per heavy atom. The first kappa shape index (κ1) is 12.0. The van der Waals surface area contributed by atoms with E-state index in [0.717, 1.165) is 19.3 Å². The van der Waals surface area contributed by atoms with E-state index >= 15 is 0 Å². The molecule has 4 rings (SSSR count). The number of fused-ring (bicyclic) bond motifs is 2. The van der Waals surface area contributed by atoms with Crippen molar-refractivity contribution >= 4 is 5.78 Å². The highest BCUT2D eigenvalue weighted by atomic mass is 16.1. The molecule has 4 atom stereocenters. The zero-order valence-electron chi connectivity index (χ0n) is 11.2. The van der Waals surface area contributed by atoms with Crippen molar-refractivity contribution in [3.8, 4) is 0 Å². The average molecular weight is 242 g/mol. The first-order valence-electron chi connectivity index (χ1n) is 7.04. The smallest absolute Gasteiger partial charge is 0.161 e. The second kappa shape index (κ2) is 3.69. The van der Waals surface area contributed by atoms with Gasteiger partial charge in [0, 0.05) is 5.41 Å². The van der Waals surface area contributed by atoms with Crippen molar-refractivity contribution in [1.29, 1.82) is 0 Å². The van der Waals surface area contributed by atoms with Crippen molar-refractivity contribution in [3.63, 3.8) is 0 Å². The molecule has 1 heteroatoms. The first-order chi connectivity index (χ1) is 8.52. The van der Waals surface area contributed by atoms with Crippen molar-refractivity contribution < 1.29 is 4.79 Å². The molecule has 1 nitrogen and oxygen atoms in total. The Bertz CT molecular complexity index is 458. The third kappa shape index (κ3) is 1.36. The summed E-state index contributed by atoms with van der Waals surface area (Å²) >= 11 is 0. The highest BCUT2D eigenvalue weighted by Crippen LogP contribution is 2.63. The van der Waals surface area contributed by atoms with Crippen LogP contribution in [0, 0.1) is 22.7 Å². The van der Waals surface area contributed by atoms with E-state index in [4.69, 9.17) is 0 Å². The number of carbonyl (C=O) groups is 1. The van der Waals surface area contributed by atoms with Crippen molar-refractivity contribution in [2.45, 2.75) is 39.0 Å². The number of rotatable bonds is 2. The molecule has 2 bridgehead atoms. The third-order valence-electron chi connectivity index (χ3n) is 5.77. The van der Waals surface area contributed by atoms with Crippen molar-refractivity contribution in [3.05, 3.63) is 37.0 Å². The van der Waals surface area contributed by atoms with Crippen molar-refractivity contribution in [2.75, 3.05) is 0 Å². The van der Waals surface area contributed by atoms with E-state index in [1.165, 1.54) is 18.4 Å². The largest absolute Gasteiger partial charge is 0.294 e. The van der Waals surface area contributed by atoms with E-state index in [2.05, 4.69) is 26.2 Å². The summed E-state index contributed by atoms with van der Waals surface area (Å²) in [5.74, 6) is 1.45. The summed E-state index contributed by atoms with van der Waals surface area (Å²) in [5, 5.41) is 0. The topological polar surface area (TPSA) is 17.1 Å². The van der Waals surface area contributed by atoms with Crippen LogP contribution < -0.4 is 0 Å². The van der Waals surface area contributed by atoms with Gasteiger partial charge in [0.15, 0.2) is 5.78 Å². The summed E-state index contributed by atoms with van der Waals surface area (Å²) < 4.78 is 0. The van der Waals surface area contributed by atoms with Gasteiger partial charge >= 0.3 is 0 Å². The van der Waals surface area contributed by atoms with Gasteiger partial charge < -0.3 is 0 Å². The van der Waals surface area contributed by atoms with Gasteiger partial charge in [-0.3, -0.25) is 4.79 Å². The molecule has 0 aromatic rings. The SMILES string of the molecule is C=CC[C@]1(C)C(=O)C=C[C@@]23CC[C@@H](CC21)C(=C)C3. The lowest BCUT2D eigenvalue weighted by Crippen LogP contribution is -2.53. The van der Waals surface area contributed by atoms with Gasteiger partial charge in [-0.1, -0.05) is 31.2 Å². The van der Waals surface area contributed by atoms with Gasteiger partial charge in [0.1, 0.15) is 0 Å². The van der Waals surface area contributed by atoms with Crippen LogP contribution in [0.15, 0.2) is 37.0 Å². The Labute approximate surface area is 110 Å². The van der Waals surface area contributed by atoms with Crippen molar-refractivity contribution in [1.82, 2.24) is 0 Å². The van der Waals surface area contributed by atoms with Gasteiger partial charge in [0.2, 0.25) is 0 Å². The average Bonchev–Trinajstić information content (AvgIpc) is 2.35. The van der Waals surface area contributed by atoms with Gasteiger partial charge in [0.25, 0.3) is 0 Å². The monoisotopic (exact) mass is 242 g/mol. The van der Waals surface area contributed by atoms with Gasteiger partial charge in [-0.25, -0.2) is 0 Å². The lowest BCUT2D eigenvalue weighted by Gasteiger charge is -2.59. The molecular weight excluding hydrogens is 220 g/mol. The summed E-state index contributed by atoms with van der Waals surface area (Å²) in [6, 6.07) is 0. The van der Waals surface area contributed by atoms with Crippen LogP contribution in [-0.4, -0.2) is 5.78 Å². The number of allylic oxidation sites excluding steroid dienone is 4. The molecule has 4 aliphatic carbocycles. The molecule has 0 aromatic heterocycles. The molecule has 0 heterocycles. The van der Waals surface area contributed by atoms with Gasteiger partial charge in [-0.05, 0) is 55.4 Å². The van der Waals surface area contributed by atoms with Crippen LogP contribution in [0.1, 0.15) is 39.0 Å². The number of ketones is 1. The third-order valence-corrected chi connectivity index (χ3v) is 5.77. The van der Waals surface area contributed by atoms with E-state index in [1.807, 2.05) is 12.2 Å². The molecule has 1 unspecified atom stereocenters. The normalized spacial score (nSPS) is 46.1. The highest BCUT2D eigenvalue weighted by molar-refractivity contribution is 5.96. The molecule has 1 spiro atoms. The molecule has 4 aliphatic rings. The maximum atomic E-state index is 12.4. The van der Waals surface area contributed by atoms with Crippen LogP contribution in [0.4, 0.5) is 0 Å². The quantitative estimate of drug-likeness (QED) is 0.667. The fourth-order valence-corrected chi connectivity index (χ4v) is 4.70. The predicted octanol–water partition coefficient (Wildman–Crippen LogP) is 4.07. The van der Waals surface area contributed by atoms with Crippen LogP contribution in [0.2, 0.25) is 0 Å². The highest BCUT2D eigenvalue weighted by Gasteiger charge is 2.57. The van der Waals surface area contributed by atoms with Crippen LogP contribution in [0.25, 0.3) is 0 Å². The maximum Gasteiger partial charge on any atom is 0.161 e. The standard InChI is InChI=1S/C17H22O/c1-4-7-16(3)14-10-13-5-8-17(14,11-12(13)2)9-6-15(16)18/h4,6,9,13-14H,1-2,5,7-8,10-11H2,3H3/t13-,14?,16-,17+/m0/s1. The first-order valence-corrected chi connectivity index (χ1v) is 7.04.